The molecule has 0 saturated heterocycles. The number of benzene rings is 1. The van der Waals surface area contributed by atoms with Crippen molar-refractivity contribution in [3.8, 4) is 0 Å². The molecule has 0 radical (unpaired) electrons. The Kier molecular flexibility index (Phi) is 3.25. The van der Waals surface area contributed by atoms with Crippen LogP contribution in [0.1, 0.15) is 35.6 Å². The minimum Gasteiger partial charge on any atom is -0.369 e. The SMILES string of the molecule is Cc1cc(NCC2CCCc3ccccc32)n2ncnc2n1. The van der Waals surface area contributed by atoms with E-state index >= 15 is 0 Å². The molecule has 5 heteroatoms. The van der Waals surface area contributed by atoms with Crippen LogP contribution < -0.4 is 5.32 Å². The van der Waals surface area contributed by atoms with E-state index in [0.29, 0.717) is 11.7 Å². The molecule has 4 rings (SSSR count). The van der Waals surface area contributed by atoms with E-state index in [2.05, 4.69) is 44.6 Å². The molecular weight excluding hydrogens is 274 g/mol. The highest BCUT2D eigenvalue weighted by Gasteiger charge is 2.19. The third-order valence-corrected chi connectivity index (χ3v) is 4.40. The molecule has 2 aromatic heterocycles. The molecule has 22 heavy (non-hydrogen) atoms. The molecular formula is C17H19N5. The van der Waals surface area contributed by atoms with Crippen molar-refractivity contribution >= 4 is 11.6 Å². The van der Waals surface area contributed by atoms with E-state index in [0.717, 1.165) is 18.1 Å². The highest BCUT2D eigenvalue weighted by Crippen LogP contribution is 2.31. The van der Waals surface area contributed by atoms with Gasteiger partial charge in [-0.3, -0.25) is 0 Å². The average molecular weight is 293 g/mol. The summed E-state index contributed by atoms with van der Waals surface area (Å²) in [5.41, 5.74) is 3.94. The predicted octanol–water partition coefficient (Wildman–Crippen LogP) is 2.96. The molecule has 1 aliphatic carbocycles. The van der Waals surface area contributed by atoms with Gasteiger partial charge in [0.15, 0.2) is 0 Å². The Morgan fingerprint density at radius 1 is 1.32 bits per heavy atom. The monoisotopic (exact) mass is 293 g/mol. The van der Waals surface area contributed by atoms with Crippen LogP contribution in [0.2, 0.25) is 0 Å². The molecule has 5 nitrogen and oxygen atoms in total. The van der Waals surface area contributed by atoms with Crippen LogP contribution >= 0.6 is 0 Å². The lowest BCUT2D eigenvalue weighted by atomic mass is 9.83. The molecule has 112 valence electrons. The zero-order valence-corrected chi connectivity index (χ0v) is 12.7. The molecule has 1 unspecified atom stereocenters. The minimum atomic E-state index is 0.553. The standard InChI is InChI=1S/C17H19N5/c1-12-9-16(22-17(21-12)19-11-20-22)18-10-14-7-4-6-13-5-2-3-8-15(13)14/h2-3,5,8-9,11,14,18H,4,6-7,10H2,1H3. The van der Waals surface area contributed by atoms with Crippen molar-refractivity contribution < 1.29 is 0 Å². The summed E-state index contributed by atoms with van der Waals surface area (Å²) >= 11 is 0. The van der Waals surface area contributed by atoms with Gasteiger partial charge < -0.3 is 5.32 Å². The Hall–Kier alpha value is -2.43. The van der Waals surface area contributed by atoms with Crippen LogP contribution in [-0.4, -0.2) is 26.1 Å². The van der Waals surface area contributed by atoms with Crippen molar-refractivity contribution in [2.45, 2.75) is 32.1 Å². The normalized spacial score (nSPS) is 17.4. The molecule has 0 spiro atoms. The Morgan fingerprint density at radius 3 is 3.18 bits per heavy atom. The Labute approximate surface area is 129 Å². The summed E-state index contributed by atoms with van der Waals surface area (Å²) in [5, 5.41) is 7.79. The second-order valence-corrected chi connectivity index (χ2v) is 5.92. The highest BCUT2D eigenvalue weighted by molar-refractivity contribution is 5.45. The highest BCUT2D eigenvalue weighted by atomic mass is 15.3. The quantitative estimate of drug-likeness (QED) is 0.806. The number of aryl methyl sites for hydroxylation is 2. The zero-order valence-electron chi connectivity index (χ0n) is 12.7. The van der Waals surface area contributed by atoms with Crippen LogP contribution in [0.3, 0.4) is 0 Å². The molecule has 1 N–H and O–H groups in total. The number of hydrogen-bond donors (Lipinski definition) is 1. The fourth-order valence-corrected chi connectivity index (χ4v) is 3.35. The van der Waals surface area contributed by atoms with Crippen molar-refractivity contribution in [1.29, 1.82) is 0 Å². The van der Waals surface area contributed by atoms with Crippen LogP contribution in [0.4, 0.5) is 5.82 Å². The van der Waals surface area contributed by atoms with Gasteiger partial charge in [0.2, 0.25) is 0 Å². The maximum Gasteiger partial charge on any atom is 0.254 e. The molecule has 3 aromatic rings. The molecule has 0 bridgehead atoms. The van der Waals surface area contributed by atoms with E-state index in [-0.39, 0.29) is 0 Å². The molecule has 1 aliphatic rings. The van der Waals surface area contributed by atoms with Gasteiger partial charge in [-0.2, -0.15) is 14.6 Å². The third-order valence-electron chi connectivity index (χ3n) is 4.40. The van der Waals surface area contributed by atoms with Crippen molar-refractivity contribution in [3.05, 3.63) is 53.5 Å². The van der Waals surface area contributed by atoms with Crippen LogP contribution in [0, 0.1) is 6.92 Å². The molecule has 2 heterocycles. The third kappa shape index (κ3) is 2.32. The van der Waals surface area contributed by atoms with Crippen molar-refractivity contribution in [2.75, 3.05) is 11.9 Å². The second kappa shape index (κ2) is 5.40. The number of hydrogen-bond acceptors (Lipinski definition) is 4. The molecule has 1 aromatic carbocycles. The predicted molar refractivity (Wildman–Crippen MR) is 86.1 cm³/mol. The topological polar surface area (TPSA) is 55.1 Å². The van der Waals surface area contributed by atoms with Crippen molar-refractivity contribution in [2.24, 2.45) is 0 Å². The van der Waals surface area contributed by atoms with Gasteiger partial charge in [-0.05, 0) is 37.3 Å². The van der Waals surface area contributed by atoms with Crippen LogP contribution in [0.15, 0.2) is 36.7 Å². The lowest BCUT2D eigenvalue weighted by Gasteiger charge is -2.26. The number of nitrogens with one attached hydrogen (secondary N) is 1. The largest absolute Gasteiger partial charge is 0.369 e. The summed E-state index contributed by atoms with van der Waals surface area (Å²) in [5.74, 6) is 2.16. The Morgan fingerprint density at radius 2 is 2.23 bits per heavy atom. The minimum absolute atomic E-state index is 0.553. The van der Waals surface area contributed by atoms with Gasteiger partial charge in [-0.15, -0.1) is 0 Å². The fraction of sp³-hybridized carbons (Fsp3) is 0.353. The van der Waals surface area contributed by atoms with Gasteiger partial charge >= 0.3 is 0 Å². The van der Waals surface area contributed by atoms with E-state index in [1.165, 1.54) is 30.4 Å². The molecule has 1 atom stereocenters. The number of nitrogens with zero attached hydrogens (tertiary/aromatic N) is 4. The van der Waals surface area contributed by atoms with Gasteiger partial charge in [0.05, 0.1) is 0 Å². The zero-order chi connectivity index (χ0) is 14.9. The number of fused-ring (bicyclic) bond motifs is 2. The number of aromatic nitrogens is 4. The summed E-state index contributed by atoms with van der Waals surface area (Å²) in [7, 11) is 0. The van der Waals surface area contributed by atoms with Gasteiger partial charge in [0.25, 0.3) is 5.78 Å². The summed E-state index contributed by atoms with van der Waals surface area (Å²) < 4.78 is 1.77. The summed E-state index contributed by atoms with van der Waals surface area (Å²) in [6.45, 7) is 2.89. The van der Waals surface area contributed by atoms with Gasteiger partial charge in [0.1, 0.15) is 12.1 Å². The number of rotatable bonds is 3. The first-order chi connectivity index (χ1) is 10.8. The first-order valence-corrected chi connectivity index (χ1v) is 7.80. The van der Waals surface area contributed by atoms with Gasteiger partial charge in [-0.25, -0.2) is 4.98 Å². The van der Waals surface area contributed by atoms with Crippen molar-refractivity contribution in [3.63, 3.8) is 0 Å². The summed E-state index contributed by atoms with van der Waals surface area (Å²) in [4.78, 5) is 8.55. The van der Waals surface area contributed by atoms with E-state index in [4.69, 9.17) is 0 Å². The molecule has 0 fully saturated rings. The van der Waals surface area contributed by atoms with Crippen LogP contribution in [-0.2, 0) is 6.42 Å². The van der Waals surface area contributed by atoms with E-state index in [9.17, 15) is 0 Å². The maximum absolute atomic E-state index is 4.38. The van der Waals surface area contributed by atoms with E-state index in [1.54, 1.807) is 10.8 Å². The molecule has 0 amide bonds. The first-order valence-electron chi connectivity index (χ1n) is 7.80. The van der Waals surface area contributed by atoms with E-state index in [1.807, 2.05) is 13.0 Å². The number of anilines is 1. The maximum atomic E-state index is 4.38. The Balaban J connectivity index is 1.59. The fourth-order valence-electron chi connectivity index (χ4n) is 3.35. The summed E-state index contributed by atoms with van der Waals surface area (Å²) in [6.07, 6.45) is 5.24. The van der Waals surface area contributed by atoms with E-state index < -0.39 is 0 Å². The van der Waals surface area contributed by atoms with Crippen LogP contribution in [0.5, 0.6) is 0 Å². The second-order valence-electron chi connectivity index (χ2n) is 5.92. The smallest absolute Gasteiger partial charge is 0.254 e. The average Bonchev–Trinajstić information content (AvgIpc) is 3.00. The van der Waals surface area contributed by atoms with Gasteiger partial charge in [0, 0.05) is 24.2 Å². The van der Waals surface area contributed by atoms with Crippen molar-refractivity contribution in [1.82, 2.24) is 19.6 Å². The van der Waals surface area contributed by atoms with Crippen LogP contribution in [0.25, 0.3) is 5.78 Å². The lowest BCUT2D eigenvalue weighted by molar-refractivity contribution is 0.570. The lowest BCUT2D eigenvalue weighted by Crippen LogP contribution is -2.19. The van der Waals surface area contributed by atoms with Gasteiger partial charge in [-0.1, -0.05) is 24.3 Å². The molecule has 0 aliphatic heterocycles. The summed E-state index contributed by atoms with van der Waals surface area (Å²) in [6, 6.07) is 10.8. The first kappa shape index (κ1) is 13.2. The Bertz CT molecular complexity index is 808. The molecule has 0 saturated carbocycles.